The molecule has 0 spiro atoms. The Morgan fingerprint density at radius 1 is 1.40 bits per heavy atom. The largest absolute Gasteiger partial charge is 0.451 e. The predicted octanol–water partition coefficient (Wildman–Crippen LogP) is 1.64. The van der Waals surface area contributed by atoms with E-state index in [1.807, 2.05) is 0 Å². The summed E-state index contributed by atoms with van der Waals surface area (Å²) >= 11 is 0. The van der Waals surface area contributed by atoms with Gasteiger partial charge in [0.2, 0.25) is 5.89 Å². The van der Waals surface area contributed by atoms with Crippen LogP contribution in [0.2, 0.25) is 0 Å². The minimum Gasteiger partial charge on any atom is -0.451 e. The van der Waals surface area contributed by atoms with Gasteiger partial charge in [-0.15, -0.1) is 0 Å². The van der Waals surface area contributed by atoms with E-state index in [0.29, 0.717) is 23.0 Å². The number of anilines is 1. The molecule has 0 aliphatic carbocycles. The summed E-state index contributed by atoms with van der Waals surface area (Å²) in [6.45, 7) is 1.86. The molecule has 20 heavy (non-hydrogen) atoms. The van der Waals surface area contributed by atoms with Crippen LogP contribution in [0.3, 0.4) is 0 Å². The smallest absolute Gasteiger partial charge is 0.287 e. The van der Waals surface area contributed by atoms with Gasteiger partial charge in [0.05, 0.1) is 6.54 Å². The third kappa shape index (κ3) is 2.33. The van der Waals surface area contributed by atoms with Crippen molar-refractivity contribution in [1.29, 1.82) is 0 Å². The van der Waals surface area contributed by atoms with E-state index in [0.717, 1.165) is 5.39 Å². The standard InChI is InChI=1S/C13H12N4O3/c1-7-16-12(20-17-7)6-15-13(18)11-5-8-4-9(14)2-3-10(8)19-11/h2-5H,6,14H2,1H3,(H,15,18). The van der Waals surface area contributed by atoms with Crippen molar-refractivity contribution in [3.63, 3.8) is 0 Å². The summed E-state index contributed by atoms with van der Waals surface area (Å²) in [6.07, 6.45) is 0. The van der Waals surface area contributed by atoms with Gasteiger partial charge in [-0.05, 0) is 31.2 Å². The van der Waals surface area contributed by atoms with Crippen molar-refractivity contribution in [2.75, 3.05) is 5.73 Å². The summed E-state index contributed by atoms with van der Waals surface area (Å²) < 4.78 is 10.3. The normalized spacial score (nSPS) is 10.8. The molecule has 0 saturated carbocycles. The lowest BCUT2D eigenvalue weighted by molar-refractivity contribution is 0.0920. The van der Waals surface area contributed by atoms with Gasteiger partial charge in [0.1, 0.15) is 5.58 Å². The SMILES string of the molecule is Cc1noc(CNC(=O)c2cc3cc(N)ccc3o2)n1. The summed E-state index contributed by atoms with van der Waals surface area (Å²) in [5.74, 6) is 0.724. The molecule has 7 heteroatoms. The fourth-order valence-electron chi connectivity index (χ4n) is 1.83. The highest BCUT2D eigenvalue weighted by Gasteiger charge is 2.13. The number of aromatic nitrogens is 2. The maximum atomic E-state index is 12.0. The molecular formula is C13H12N4O3. The third-order valence-electron chi connectivity index (χ3n) is 2.73. The van der Waals surface area contributed by atoms with Gasteiger partial charge in [0.25, 0.3) is 5.91 Å². The number of benzene rings is 1. The van der Waals surface area contributed by atoms with E-state index in [1.165, 1.54) is 0 Å². The number of rotatable bonds is 3. The number of nitrogens with one attached hydrogen (secondary N) is 1. The van der Waals surface area contributed by atoms with E-state index in [9.17, 15) is 4.79 Å². The molecular weight excluding hydrogens is 260 g/mol. The number of nitrogens with two attached hydrogens (primary N) is 1. The summed E-state index contributed by atoms with van der Waals surface area (Å²) in [6, 6.07) is 6.83. The minimum absolute atomic E-state index is 0.152. The van der Waals surface area contributed by atoms with Crippen LogP contribution < -0.4 is 11.1 Å². The molecule has 0 unspecified atom stereocenters. The highest BCUT2D eigenvalue weighted by atomic mass is 16.5. The van der Waals surface area contributed by atoms with Crippen LogP contribution >= 0.6 is 0 Å². The number of nitrogens with zero attached hydrogens (tertiary/aromatic N) is 2. The number of carbonyl (C=O) groups excluding carboxylic acids is 1. The highest BCUT2D eigenvalue weighted by Crippen LogP contribution is 2.21. The Kier molecular flexibility index (Phi) is 2.86. The van der Waals surface area contributed by atoms with Crippen LogP contribution in [-0.2, 0) is 6.54 Å². The van der Waals surface area contributed by atoms with E-state index in [4.69, 9.17) is 14.7 Å². The summed E-state index contributed by atoms with van der Waals surface area (Å²) in [7, 11) is 0. The number of amides is 1. The first-order chi connectivity index (χ1) is 9.61. The lowest BCUT2D eigenvalue weighted by Gasteiger charge is -1.97. The second kappa shape index (κ2) is 4.69. The van der Waals surface area contributed by atoms with Crippen molar-refractivity contribution < 1.29 is 13.7 Å². The predicted molar refractivity (Wildman–Crippen MR) is 70.8 cm³/mol. The van der Waals surface area contributed by atoms with Crippen LogP contribution in [0.25, 0.3) is 11.0 Å². The number of fused-ring (bicyclic) bond motifs is 1. The van der Waals surface area contributed by atoms with Crippen molar-refractivity contribution in [2.45, 2.75) is 13.5 Å². The Labute approximate surface area is 113 Å². The van der Waals surface area contributed by atoms with Gasteiger partial charge in [-0.3, -0.25) is 4.79 Å². The lowest BCUT2D eigenvalue weighted by atomic mass is 10.2. The maximum absolute atomic E-state index is 12.0. The van der Waals surface area contributed by atoms with Crippen molar-refractivity contribution >= 4 is 22.6 Å². The van der Waals surface area contributed by atoms with Gasteiger partial charge in [-0.25, -0.2) is 0 Å². The Morgan fingerprint density at radius 2 is 2.25 bits per heavy atom. The van der Waals surface area contributed by atoms with Crippen LogP contribution in [-0.4, -0.2) is 16.0 Å². The number of aryl methyl sites for hydroxylation is 1. The molecule has 1 aromatic carbocycles. The Morgan fingerprint density at radius 3 is 3.00 bits per heavy atom. The van der Waals surface area contributed by atoms with Gasteiger partial charge < -0.3 is 20.0 Å². The maximum Gasteiger partial charge on any atom is 0.287 e. The third-order valence-corrected chi connectivity index (χ3v) is 2.73. The lowest BCUT2D eigenvalue weighted by Crippen LogP contribution is -2.22. The van der Waals surface area contributed by atoms with Crippen LogP contribution in [0.5, 0.6) is 0 Å². The average molecular weight is 272 g/mol. The summed E-state index contributed by atoms with van der Waals surface area (Å²) in [5, 5.41) is 7.06. The number of hydrogen-bond donors (Lipinski definition) is 2. The van der Waals surface area contributed by atoms with E-state index in [-0.39, 0.29) is 18.2 Å². The van der Waals surface area contributed by atoms with Crippen molar-refractivity contribution in [3.8, 4) is 0 Å². The number of nitrogen functional groups attached to an aromatic ring is 1. The summed E-state index contributed by atoms with van der Waals surface area (Å²) in [5.41, 5.74) is 6.90. The summed E-state index contributed by atoms with van der Waals surface area (Å²) in [4.78, 5) is 15.9. The zero-order valence-electron chi connectivity index (χ0n) is 10.7. The quantitative estimate of drug-likeness (QED) is 0.702. The van der Waals surface area contributed by atoms with Crippen LogP contribution in [0.15, 0.2) is 33.2 Å². The van der Waals surface area contributed by atoms with Crippen LogP contribution in [0.1, 0.15) is 22.3 Å². The van der Waals surface area contributed by atoms with E-state index in [1.54, 1.807) is 31.2 Å². The van der Waals surface area contributed by atoms with E-state index < -0.39 is 0 Å². The molecule has 2 aromatic heterocycles. The molecule has 0 aliphatic rings. The fraction of sp³-hybridized carbons (Fsp3) is 0.154. The Balaban J connectivity index is 1.75. The Bertz CT molecular complexity index is 775. The monoisotopic (exact) mass is 272 g/mol. The number of carbonyl (C=O) groups is 1. The molecule has 0 bridgehead atoms. The topological polar surface area (TPSA) is 107 Å². The van der Waals surface area contributed by atoms with Gasteiger partial charge in [0, 0.05) is 11.1 Å². The van der Waals surface area contributed by atoms with Gasteiger partial charge in [-0.1, -0.05) is 5.16 Å². The molecule has 0 radical (unpaired) electrons. The van der Waals surface area contributed by atoms with Crippen LogP contribution in [0, 0.1) is 6.92 Å². The van der Waals surface area contributed by atoms with E-state index in [2.05, 4.69) is 15.5 Å². The number of hydrogen-bond acceptors (Lipinski definition) is 6. The Hall–Kier alpha value is -2.83. The van der Waals surface area contributed by atoms with Crippen molar-refractivity contribution in [3.05, 3.63) is 41.7 Å². The minimum atomic E-state index is -0.351. The van der Waals surface area contributed by atoms with Crippen molar-refractivity contribution in [1.82, 2.24) is 15.5 Å². The van der Waals surface area contributed by atoms with Gasteiger partial charge >= 0.3 is 0 Å². The zero-order valence-corrected chi connectivity index (χ0v) is 10.7. The van der Waals surface area contributed by atoms with Gasteiger partial charge in [0.15, 0.2) is 11.6 Å². The van der Waals surface area contributed by atoms with Crippen LogP contribution in [0.4, 0.5) is 5.69 Å². The first-order valence-electron chi connectivity index (χ1n) is 5.98. The van der Waals surface area contributed by atoms with Crippen molar-refractivity contribution in [2.24, 2.45) is 0 Å². The molecule has 1 amide bonds. The number of furan rings is 1. The highest BCUT2D eigenvalue weighted by molar-refractivity contribution is 5.96. The first-order valence-corrected chi connectivity index (χ1v) is 5.98. The average Bonchev–Trinajstić information content (AvgIpc) is 3.01. The zero-order chi connectivity index (χ0) is 14.1. The molecule has 7 nitrogen and oxygen atoms in total. The second-order valence-corrected chi connectivity index (χ2v) is 4.33. The second-order valence-electron chi connectivity index (χ2n) is 4.33. The molecule has 0 atom stereocenters. The molecule has 102 valence electrons. The molecule has 3 rings (SSSR count). The van der Waals surface area contributed by atoms with E-state index >= 15 is 0 Å². The fourth-order valence-corrected chi connectivity index (χ4v) is 1.83. The molecule has 0 fully saturated rings. The molecule has 0 aliphatic heterocycles. The first kappa shape index (κ1) is 12.2. The van der Waals surface area contributed by atoms with Gasteiger partial charge in [-0.2, -0.15) is 4.98 Å². The molecule has 0 saturated heterocycles. The molecule has 3 aromatic rings. The molecule has 2 heterocycles. The molecule has 3 N–H and O–H groups in total.